The zero-order chi connectivity index (χ0) is 27.2. The number of benzene rings is 2. The highest BCUT2D eigenvalue weighted by Gasteiger charge is 2.26. The second-order valence-corrected chi connectivity index (χ2v) is 11.1. The normalized spacial score (nSPS) is 11.4. The molecule has 0 radical (unpaired) electrons. The van der Waals surface area contributed by atoms with Crippen molar-refractivity contribution in [1.29, 1.82) is 5.26 Å². The predicted molar refractivity (Wildman–Crippen MR) is 154 cm³/mol. The number of carbonyl (C=O) groups is 2. The number of esters is 1. The van der Waals surface area contributed by atoms with Crippen molar-refractivity contribution in [1.82, 2.24) is 4.98 Å². The Bertz CT molecular complexity index is 1510. The highest BCUT2D eigenvalue weighted by Crippen LogP contribution is 2.37. The minimum Gasteiger partial charge on any atom is -0.462 e. The number of thiophene rings is 1. The average Bonchev–Trinajstić information content (AvgIpc) is 3.21. The topological polar surface area (TPSA) is 92.1 Å². The number of thioether (sulfide) groups is 1. The summed E-state index contributed by atoms with van der Waals surface area (Å²) in [6, 6.07) is 23.6. The first kappa shape index (κ1) is 27.1. The summed E-state index contributed by atoms with van der Waals surface area (Å²) in [5, 5.41) is 13.4. The standard InChI is InChI=1S/C30H27N3O3S2/c1-5-36-30(35)26-18(2)19(3)37-29(26)33-27(34)20(4)38-28-24(17-31)23(21-12-8-6-9-13-21)16-25(32-28)22-14-10-7-11-15-22/h6-16,20H,5H2,1-4H3,(H,33,34)/t20-/m1/s1. The monoisotopic (exact) mass is 541 g/mol. The number of aromatic nitrogens is 1. The molecule has 0 aliphatic rings. The first-order valence-corrected chi connectivity index (χ1v) is 13.8. The first-order chi connectivity index (χ1) is 18.3. The van der Waals surface area contributed by atoms with Crippen LogP contribution in [0.25, 0.3) is 22.4 Å². The van der Waals surface area contributed by atoms with Crippen molar-refractivity contribution >= 4 is 40.0 Å². The van der Waals surface area contributed by atoms with Gasteiger partial charge in [-0.3, -0.25) is 4.79 Å². The van der Waals surface area contributed by atoms with Crippen LogP contribution >= 0.6 is 23.1 Å². The van der Waals surface area contributed by atoms with Gasteiger partial charge in [0, 0.05) is 16.0 Å². The van der Waals surface area contributed by atoms with Crippen LogP contribution in [0, 0.1) is 25.2 Å². The molecule has 0 fully saturated rings. The lowest BCUT2D eigenvalue weighted by atomic mass is 9.99. The Morgan fingerprint density at radius 3 is 2.32 bits per heavy atom. The maximum Gasteiger partial charge on any atom is 0.341 e. The summed E-state index contributed by atoms with van der Waals surface area (Å²) in [7, 11) is 0. The van der Waals surface area contributed by atoms with Crippen LogP contribution in [0.1, 0.15) is 40.2 Å². The van der Waals surface area contributed by atoms with Crippen molar-refractivity contribution in [3.63, 3.8) is 0 Å². The number of nitrogens with zero attached hydrogens (tertiary/aromatic N) is 2. The number of hydrogen-bond donors (Lipinski definition) is 1. The summed E-state index contributed by atoms with van der Waals surface area (Å²) < 4.78 is 5.21. The molecule has 1 amide bonds. The van der Waals surface area contributed by atoms with E-state index in [0.29, 0.717) is 26.8 Å². The molecule has 2 aromatic carbocycles. The van der Waals surface area contributed by atoms with Gasteiger partial charge in [0.05, 0.1) is 28.7 Å². The van der Waals surface area contributed by atoms with Gasteiger partial charge in [-0.15, -0.1) is 11.3 Å². The molecule has 0 saturated heterocycles. The molecule has 0 spiro atoms. The molecule has 192 valence electrons. The summed E-state index contributed by atoms with van der Waals surface area (Å²) in [4.78, 5) is 31.6. The van der Waals surface area contributed by atoms with E-state index >= 15 is 0 Å². The van der Waals surface area contributed by atoms with Crippen LogP contribution < -0.4 is 5.32 Å². The van der Waals surface area contributed by atoms with Gasteiger partial charge in [-0.2, -0.15) is 5.26 Å². The van der Waals surface area contributed by atoms with E-state index < -0.39 is 11.2 Å². The van der Waals surface area contributed by atoms with Crippen molar-refractivity contribution in [3.05, 3.63) is 88.3 Å². The minimum atomic E-state index is -0.595. The number of ether oxygens (including phenoxy) is 1. The average molecular weight is 542 g/mol. The highest BCUT2D eigenvalue weighted by molar-refractivity contribution is 8.00. The van der Waals surface area contributed by atoms with Crippen molar-refractivity contribution < 1.29 is 14.3 Å². The minimum absolute atomic E-state index is 0.247. The number of rotatable bonds is 8. The van der Waals surface area contributed by atoms with Crippen LogP contribution in [0.3, 0.4) is 0 Å². The van der Waals surface area contributed by atoms with Crippen molar-refractivity contribution in [2.75, 3.05) is 11.9 Å². The lowest BCUT2D eigenvalue weighted by Crippen LogP contribution is -2.23. The molecule has 0 aliphatic heterocycles. The lowest BCUT2D eigenvalue weighted by molar-refractivity contribution is -0.115. The summed E-state index contributed by atoms with van der Waals surface area (Å²) in [5.41, 5.74) is 4.87. The molecular formula is C30H27N3O3S2. The third kappa shape index (κ3) is 5.80. The quantitative estimate of drug-likeness (QED) is 0.186. The lowest BCUT2D eigenvalue weighted by Gasteiger charge is -2.16. The zero-order valence-corrected chi connectivity index (χ0v) is 23.2. The summed E-state index contributed by atoms with van der Waals surface area (Å²) in [6.45, 7) is 7.50. The van der Waals surface area contributed by atoms with Gasteiger partial charge in [-0.1, -0.05) is 72.4 Å². The van der Waals surface area contributed by atoms with E-state index in [1.54, 1.807) is 13.8 Å². The molecule has 0 unspecified atom stereocenters. The van der Waals surface area contributed by atoms with Crippen molar-refractivity contribution in [3.8, 4) is 28.5 Å². The molecule has 1 N–H and O–H groups in total. The Labute approximate surface area is 230 Å². The van der Waals surface area contributed by atoms with E-state index in [0.717, 1.165) is 27.1 Å². The smallest absolute Gasteiger partial charge is 0.341 e. The number of carbonyl (C=O) groups excluding carboxylic acids is 2. The number of amides is 1. The van der Waals surface area contributed by atoms with Crippen LogP contribution in [0.4, 0.5) is 5.00 Å². The van der Waals surface area contributed by atoms with Crippen molar-refractivity contribution in [2.24, 2.45) is 0 Å². The largest absolute Gasteiger partial charge is 0.462 e. The predicted octanol–water partition coefficient (Wildman–Crippen LogP) is 7.26. The second kappa shape index (κ2) is 12.1. The van der Waals surface area contributed by atoms with E-state index in [1.807, 2.05) is 80.6 Å². The van der Waals surface area contributed by atoms with E-state index in [9.17, 15) is 14.9 Å². The van der Waals surface area contributed by atoms with Gasteiger partial charge in [0.2, 0.25) is 5.91 Å². The summed E-state index contributed by atoms with van der Waals surface area (Å²) in [6.07, 6.45) is 0. The van der Waals surface area contributed by atoms with Crippen LogP contribution in [-0.2, 0) is 9.53 Å². The molecular weight excluding hydrogens is 514 g/mol. The van der Waals surface area contributed by atoms with Gasteiger partial charge in [0.1, 0.15) is 16.1 Å². The van der Waals surface area contributed by atoms with E-state index in [4.69, 9.17) is 9.72 Å². The number of hydrogen-bond acceptors (Lipinski definition) is 7. The number of nitriles is 1. The van der Waals surface area contributed by atoms with Gasteiger partial charge in [0.25, 0.3) is 0 Å². The fourth-order valence-corrected chi connectivity index (χ4v) is 5.89. The molecule has 0 saturated carbocycles. The molecule has 8 heteroatoms. The number of nitrogens with one attached hydrogen (secondary N) is 1. The van der Waals surface area contributed by atoms with Gasteiger partial charge in [0.15, 0.2) is 0 Å². The maximum absolute atomic E-state index is 13.3. The summed E-state index contributed by atoms with van der Waals surface area (Å²) in [5.74, 6) is -0.750. The van der Waals surface area contributed by atoms with Crippen molar-refractivity contribution in [2.45, 2.75) is 38.0 Å². The molecule has 0 bridgehead atoms. The van der Waals surface area contributed by atoms with Crippen LogP contribution in [0.15, 0.2) is 71.8 Å². The maximum atomic E-state index is 13.3. The summed E-state index contributed by atoms with van der Waals surface area (Å²) >= 11 is 2.56. The number of anilines is 1. The fraction of sp³-hybridized carbons (Fsp3) is 0.200. The molecule has 0 aliphatic carbocycles. The number of aryl methyl sites for hydroxylation is 1. The fourth-order valence-electron chi connectivity index (χ4n) is 3.92. The van der Waals surface area contributed by atoms with Crippen LogP contribution in [0.2, 0.25) is 0 Å². The molecule has 2 heterocycles. The first-order valence-electron chi connectivity index (χ1n) is 12.1. The van der Waals surface area contributed by atoms with Crippen LogP contribution in [0.5, 0.6) is 0 Å². The Morgan fingerprint density at radius 1 is 1.08 bits per heavy atom. The van der Waals surface area contributed by atoms with E-state index in [2.05, 4.69) is 11.4 Å². The second-order valence-electron chi connectivity index (χ2n) is 8.54. The Balaban J connectivity index is 1.69. The molecule has 2 aromatic heterocycles. The third-order valence-electron chi connectivity index (χ3n) is 6.01. The van der Waals surface area contributed by atoms with Crippen LogP contribution in [-0.4, -0.2) is 28.7 Å². The number of pyridine rings is 1. The van der Waals surface area contributed by atoms with Gasteiger partial charge in [-0.25, -0.2) is 9.78 Å². The molecule has 6 nitrogen and oxygen atoms in total. The molecule has 4 rings (SSSR count). The Hall–Kier alpha value is -3.93. The van der Waals surface area contributed by atoms with E-state index in [-0.39, 0.29) is 12.5 Å². The third-order valence-corrected chi connectivity index (χ3v) is 8.22. The van der Waals surface area contributed by atoms with Gasteiger partial charge >= 0.3 is 5.97 Å². The molecule has 1 atom stereocenters. The molecule has 4 aromatic rings. The Morgan fingerprint density at radius 2 is 1.71 bits per heavy atom. The van der Waals surface area contributed by atoms with Gasteiger partial charge in [-0.05, 0) is 44.9 Å². The zero-order valence-electron chi connectivity index (χ0n) is 21.6. The van der Waals surface area contributed by atoms with Gasteiger partial charge < -0.3 is 10.1 Å². The Kier molecular flexibility index (Phi) is 8.62. The molecule has 38 heavy (non-hydrogen) atoms. The van der Waals surface area contributed by atoms with E-state index in [1.165, 1.54) is 23.1 Å². The SMILES string of the molecule is CCOC(=O)c1c(NC(=O)[C@@H](C)Sc2nc(-c3ccccc3)cc(-c3ccccc3)c2C#N)sc(C)c1C. The highest BCUT2D eigenvalue weighted by atomic mass is 32.2.